The van der Waals surface area contributed by atoms with E-state index in [-0.39, 0.29) is 24.0 Å². The topological polar surface area (TPSA) is 58.8 Å². The minimum absolute atomic E-state index is 0. The average molecular weight is 409 g/mol. The van der Waals surface area contributed by atoms with Crippen LogP contribution in [0.25, 0.3) is 0 Å². The molecule has 0 aliphatic rings. The van der Waals surface area contributed by atoms with Crippen molar-refractivity contribution in [1.82, 2.24) is 10.6 Å². The number of nitrogens with zero attached hydrogens (tertiary/aromatic N) is 1. The molecule has 5 nitrogen and oxygen atoms in total. The number of furan rings is 1. The second-order valence-corrected chi connectivity index (χ2v) is 4.61. The number of ether oxygens (including phenoxy) is 1. The van der Waals surface area contributed by atoms with Gasteiger partial charge in [0.2, 0.25) is 0 Å². The van der Waals surface area contributed by atoms with Crippen LogP contribution in [0.4, 0.5) is 0 Å². The molecule has 1 heterocycles. The quantitative estimate of drug-likeness (QED) is 0.270. The first-order valence-electron chi connectivity index (χ1n) is 7.40. The summed E-state index contributed by atoms with van der Waals surface area (Å²) in [5.41, 5.74) is 0. The van der Waals surface area contributed by atoms with Gasteiger partial charge in [-0.15, -0.1) is 24.0 Å². The number of guanidine groups is 1. The summed E-state index contributed by atoms with van der Waals surface area (Å²) in [7, 11) is 1.70. The Morgan fingerprint density at radius 2 is 2.10 bits per heavy atom. The molecule has 6 heteroatoms. The van der Waals surface area contributed by atoms with Crippen molar-refractivity contribution >= 4 is 29.9 Å². The lowest BCUT2D eigenvalue weighted by molar-refractivity contribution is 0.203. The predicted molar refractivity (Wildman–Crippen MR) is 97.5 cm³/mol. The largest absolute Gasteiger partial charge is 0.469 e. The van der Waals surface area contributed by atoms with Crippen LogP contribution in [0.1, 0.15) is 31.9 Å². The molecule has 0 atom stereocenters. The van der Waals surface area contributed by atoms with E-state index in [0.717, 1.165) is 44.2 Å². The normalized spacial score (nSPS) is 11.0. The molecular weight excluding hydrogens is 381 g/mol. The van der Waals surface area contributed by atoms with Crippen molar-refractivity contribution in [2.45, 2.75) is 32.6 Å². The summed E-state index contributed by atoms with van der Waals surface area (Å²) < 4.78 is 10.3. The van der Waals surface area contributed by atoms with Crippen LogP contribution in [0.2, 0.25) is 0 Å². The SMILES string of the molecule is CCCCCN=C(NCCOC)NCCc1ccco1.I. The van der Waals surface area contributed by atoms with Gasteiger partial charge in [-0.2, -0.15) is 0 Å². The minimum Gasteiger partial charge on any atom is -0.469 e. The molecule has 21 heavy (non-hydrogen) atoms. The Balaban J connectivity index is 0.00000400. The van der Waals surface area contributed by atoms with Crippen LogP contribution in [0.15, 0.2) is 27.8 Å². The Morgan fingerprint density at radius 1 is 1.29 bits per heavy atom. The van der Waals surface area contributed by atoms with Gasteiger partial charge in [0.15, 0.2) is 5.96 Å². The number of halogens is 1. The van der Waals surface area contributed by atoms with E-state index >= 15 is 0 Å². The first-order valence-corrected chi connectivity index (χ1v) is 7.40. The molecule has 0 saturated carbocycles. The van der Waals surface area contributed by atoms with Crippen molar-refractivity contribution in [3.05, 3.63) is 24.2 Å². The number of hydrogen-bond acceptors (Lipinski definition) is 3. The van der Waals surface area contributed by atoms with Crippen molar-refractivity contribution in [1.29, 1.82) is 0 Å². The molecule has 122 valence electrons. The van der Waals surface area contributed by atoms with Crippen LogP contribution in [-0.2, 0) is 11.2 Å². The summed E-state index contributed by atoms with van der Waals surface area (Å²) in [6.45, 7) is 5.30. The first kappa shape index (κ1) is 20.2. The Morgan fingerprint density at radius 3 is 2.76 bits per heavy atom. The summed E-state index contributed by atoms with van der Waals surface area (Å²) in [6, 6.07) is 3.89. The van der Waals surface area contributed by atoms with E-state index in [4.69, 9.17) is 9.15 Å². The third-order valence-corrected chi connectivity index (χ3v) is 2.87. The van der Waals surface area contributed by atoms with Crippen molar-refractivity contribution in [3.8, 4) is 0 Å². The van der Waals surface area contributed by atoms with Crippen molar-refractivity contribution in [2.24, 2.45) is 4.99 Å². The van der Waals surface area contributed by atoms with Gasteiger partial charge < -0.3 is 19.8 Å². The molecule has 0 amide bonds. The molecule has 0 bridgehead atoms. The monoisotopic (exact) mass is 409 g/mol. The summed E-state index contributed by atoms with van der Waals surface area (Å²) >= 11 is 0. The smallest absolute Gasteiger partial charge is 0.191 e. The van der Waals surface area contributed by atoms with Gasteiger partial charge in [0.25, 0.3) is 0 Å². The summed E-state index contributed by atoms with van der Waals surface area (Å²) in [5.74, 6) is 1.84. The van der Waals surface area contributed by atoms with Crippen LogP contribution in [0.3, 0.4) is 0 Å². The maximum absolute atomic E-state index is 5.31. The highest BCUT2D eigenvalue weighted by Crippen LogP contribution is 1.99. The summed E-state index contributed by atoms with van der Waals surface area (Å²) in [4.78, 5) is 4.56. The number of rotatable bonds is 10. The molecule has 2 N–H and O–H groups in total. The lowest BCUT2D eigenvalue weighted by Crippen LogP contribution is -2.40. The van der Waals surface area contributed by atoms with Gasteiger partial charge in [-0.25, -0.2) is 0 Å². The molecular formula is C15H28IN3O2. The van der Waals surface area contributed by atoms with E-state index in [1.54, 1.807) is 13.4 Å². The average Bonchev–Trinajstić information content (AvgIpc) is 2.96. The molecule has 0 aliphatic heterocycles. The Hall–Kier alpha value is -0.760. The van der Waals surface area contributed by atoms with E-state index < -0.39 is 0 Å². The summed E-state index contributed by atoms with van der Waals surface area (Å²) in [5, 5.41) is 6.58. The van der Waals surface area contributed by atoms with Crippen molar-refractivity contribution in [2.75, 3.05) is 33.4 Å². The third kappa shape index (κ3) is 10.6. The van der Waals surface area contributed by atoms with Gasteiger partial charge in [0.1, 0.15) is 5.76 Å². The van der Waals surface area contributed by atoms with Crippen LogP contribution in [0.5, 0.6) is 0 Å². The van der Waals surface area contributed by atoms with Crippen LogP contribution in [0, 0.1) is 0 Å². The molecule has 0 spiro atoms. The fourth-order valence-corrected chi connectivity index (χ4v) is 1.76. The second-order valence-electron chi connectivity index (χ2n) is 4.61. The molecule has 1 aromatic heterocycles. The van der Waals surface area contributed by atoms with E-state index in [1.165, 1.54) is 12.8 Å². The van der Waals surface area contributed by atoms with Gasteiger partial charge in [-0.1, -0.05) is 19.8 Å². The van der Waals surface area contributed by atoms with Crippen molar-refractivity contribution in [3.63, 3.8) is 0 Å². The highest BCUT2D eigenvalue weighted by atomic mass is 127. The number of methoxy groups -OCH3 is 1. The Labute approximate surface area is 144 Å². The van der Waals surface area contributed by atoms with E-state index in [2.05, 4.69) is 22.5 Å². The highest BCUT2D eigenvalue weighted by Gasteiger charge is 1.99. The maximum atomic E-state index is 5.31. The van der Waals surface area contributed by atoms with Crippen LogP contribution < -0.4 is 10.6 Å². The summed E-state index contributed by atoms with van der Waals surface area (Å²) in [6.07, 6.45) is 6.12. The van der Waals surface area contributed by atoms with Crippen molar-refractivity contribution < 1.29 is 9.15 Å². The zero-order chi connectivity index (χ0) is 14.5. The fourth-order valence-electron chi connectivity index (χ4n) is 1.76. The molecule has 0 aromatic carbocycles. The second kappa shape index (κ2) is 14.2. The predicted octanol–water partition coefficient (Wildman–Crippen LogP) is 2.81. The molecule has 1 rings (SSSR count). The Bertz CT molecular complexity index is 356. The standard InChI is InChI=1S/C15H27N3O2.HI/c1-3-4-5-9-16-15(18-11-13-19-2)17-10-8-14-7-6-12-20-14;/h6-7,12H,3-5,8-11,13H2,1-2H3,(H2,16,17,18);1H. The van der Waals surface area contributed by atoms with Gasteiger partial charge in [-0.05, 0) is 18.6 Å². The lowest BCUT2D eigenvalue weighted by Gasteiger charge is -2.11. The third-order valence-electron chi connectivity index (χ3n) is 2.87. The molecule has 0 fully saturated rings. The molecule has 0 radical (unpaired) electrons. The molecule has 0 saturated heterocycles. The van der Waals surface area contributed by atoms with Gasteiger partial charge >= 0.3 is 0 Å². The van der Waals surface area contributed by atoms with Crippen LogP contribution in [-0.4, -0.2) is 39.3 Å². The first-order chi connectivity index (χ1) is 9.86. The molecule has 0 aliphatic carbocycles. The maximum Gasteiger partial charge on any atom is 0.191 e. The molecule has 1 aromatic rings. The highest BCUT2D eigenvalue weighted by molar-refractivity contribution is 14.0. The van der Waals surface area contributed by atoms with Gasteiger partial charge in [0.05, 0.1) is 12.9 Å². The van der Waals surface area contributed by atoms with Crippen LogP contribution >= 0.6 is 24.0 Å². The van der Waals surface area contributed by atoms with E-state index in [0.29, 0.717) is 6.61 Å². The lowest BCUT2D eigenvalue weighted by atomic mass is 10.2. The minimum atomic E-state index is 0. The molecule has 0 unspecified atom stereocenters. The fraction of sp³-hybridized carbons (Fsp3) is 0.667. The number of unbranched alkanes of at least 4 members (excludes halogenated alkanes) is 2. The Kier molecular flexibility index (Phi) is 13.7. The van der Waals surface area contributed by atoms with E-state index in [1.807, 2.05) is 12.1 Å². The van der Waals surface area contributed by atoms with Gasteiger partial charge in [0, 0.05) is 33.2 Å². The zero-order valence-electron chi connectivity index (χ0n) is 13.1. The number of hydrogen-bond donors (Lipinski definition) is 2. The van der Waals surface area contributed by atoms with Gasteiger partial charge in [-0.3, -0.25) is 4.99 Å². The number of nitrogens with one attached hydrogen (secondary N) is 2. The number of aliphatic imine (C=N–C) groups is 1. The van der Waals surface area contributed by atoms with E-state index in [9.17, 15) is 0 Å². The zero-order valence-corrected chi connectivity index (χ0v) is 15.4.